The topological polar surface area (TPSA) is 32.3 Å². The van der Waals surface area contributed by atoms with Crippen LogP contribution in [0.2, 0.25) is 0 Å². The molecule has 2 aliphatic rings. The molecule has 130 valence electrons. The quantitative estimate of drug-likeness (QED) is 0.910. The molecule has 2 aromatic rings. The van der Waals surface area contributed by atoms with Gasteiger partial charge in [0.2, 0.25) is 5.91 Å². The molecule has 1 fully saturated rings. The van der Waals surface area contributed by atoms with Crippen molar-refractivity contribution >= 4 is 5.91 Å². The van der Waals surface area contributed by atoms with E-state index < -0.39 is 5.54 Å². The standard InChI is InChI=1S/C21H23FN2O/c22-19-9-5-6-16(12-19)15-24-11-4-3-10-21(24)13-17-7-1-2-8-18(17)14-23-20(21)25/h1-2,5-9,12H,3-4,10-11,13-15H2,(H,23,25). The Kier molecular flexibility index (Phi) is 4.30. The Labute approximate surface area is 147 Å². The van der Waals surface area contributed by atoms with Gasteiger partial charge < -0.3 is 5.32 Å². The minimum atomic E-state index is -0.531. The highest BCUT2D eigenvalue weighted by molar-refractivity contribution is 5.87. The second-order valence-electron chi connectivity index (χ2n) is 7.17. The molecule has 0 radical (unpaired) electrons. The molecule has 0 aliphatic carbocycles. The first-order valence-electron chi connectivity index (χ1n) is 9.02. The lowest BCUT2D eigenvalue weighted by molar-refractivity contribution is -0.136. The Balaban J connectivity index is 1.69. The van der Waals surface area contributed by atoms with Gasteiger partial charge >= 0.3 is 0 Å². The van der Waals surface area contributed by atoms with Crippen LogP contribution in [0.15, 0.2) is 48.5 Å². The van der Waals surface area contributed by atoms with Crippen molar-refractivity contribution in [1.82, 2.24) is 10.2 Å². The van der Waals surface area contributed by atoms with Crippen molar-refractivity contribution < 1.29 is 9.18 Å². The summed E-state index contributed by atoms with van der Waals surface area (Å²) in [5, 5.41) is 3.13. The average Bonchev–Trinajstić information content (AvgIpc) is 2.75. The monoisotopic (exact) mass is 338 g/mol. The van der Waals surface area contributed by atoms with E-state index in [-0.39, 0.29) is 11.7 Å². The van der Waals surface area contributed by atoms with Gasteiger partial charge in [0.1, 0.15) is 11.4 Å². The molecule has 0 bridgehead atoms. The number of amides is 1. The van der Waals surface area contributed by atoms with Gasteiger partial charge in [0.25, 0.3) is 0 Å². The number of rotatable bonds is 2. The number of fused-ring (bicyclic) bond motifs is 1. The third kappa shape index (κ3) is 3.07. The van der Waals surface area contributed by atoms with E-state index in [1.165, 1.54) is 17.2 Å². The molecule has 1 N–H and O–H groups in total. The SMILES string of the molecule is O=C1NCc2ccccc2CC12CCCCN2Cc1cccc(F)c1. The molecule has 4 rings (SSSR count). The molecular formula is C21H23FN2O. The van der Waals surface area contributed by atoms with Crippen LogP contribution in [0.3, 0.4) is 0 Å². The molecule has 2 heterocycles. The maximum absolute atomic E-state index is 13.6. The largest absolute Gasteiger partial charge is 0.350 e. The number of nitrogens with zero attached hydrogens (tertiary/aromatic N) is 1. The van der Waals surface area contributed by atoms with Gasteiger partial charge in [0.05, 0.1) is 0 Å². The van der Waals surface area contributed by atoms with Crippen molar-refractivity contribution in [3.05, 3.63) is 71.0 Å². The van der Waals surface area contributed by atoms with Crippen molar-refractivity contribution in [2.75, 3.05) is 6.54 Å². The summed E-state index contributed by atoms with van der Waals surface area (Å²) in [4.78, 5) is 15.4. The van der Waals surface area contributed by atoms with Crippen LogP contribution in [-0.2, 0) is 24.3 Å². The number of carbonyl (C=O) groups is 1. The number of hydrogen-bond donors (Lipinski definition) is 1. The van der Waals surface area contributed by atoms with Crippen LogP contribution in [0.4, 0.5) is 4.39 Å². The minimum Gasteiger partial charge on any atom is -0.350 e. The zero-order chi connectivity index (χ0) is 17.3. The maximum Gasteiger partial charge on any atom is 0.241 e. The predicted octanol–water partition coefficient (Wildman–Crippen LogP) is 3.42. The smallest absolute Gasteiger partial charge is 0.241 e. The lowest BCUT2D eigenvalue weighted by Crippen LogP contribution is -2.60. The fraction of sp³-hybridized carbons (Fsp3) is 0.381. The summed E-state index contributed by atoms with van der Waals surface area (Å²) in [6.45, 7) is 2.06. The minimum absolute atomic E-state index is 0.111. The molecule has 1 unspecified atom stereocenters. The maximum atomic E-state index is 13.6. The molecule has 1 atom stereocenters. The molecule has 2 aromatic carbocycles. The first-order chi connectivity index (χ1) is 12.2. The van der Waals surface area contributed by atoms with Crippen molar-refractivity contribution in [1.29, 1.82) is 0 Å². The number of nitrogens with one attached hydrogen (secondary N) is 1. The summed E-state index contributed by atoms with van der Waals surface area (Å²) in [5.41, 5.74) is 2.83. The van der Waals surface area contributed by atoms with E-state index in [0.29, 0.717) is 13.1 Å². The molecule has 2 aliphatic heterocycles. The van der Waals surface area contributed by atoms with E-state index in [4.69, 9.17) is 0 Å². The van der Waals surface area contributed by atoms with Crippen LogP contribution in [0.25, 0.3) is 0 Å². The predicted molar refractivity (Wildman–Crippen MR) is 95.4 cm³/mol. The first-order valence-corrected chi connectivity index (χ1v) is 9.02. The molecule has 1 spiro atoms. The van der Waals surface area contributed by atoms with Gasteiger partial charge in [-0.15, -0.1) is 0 Å². The highest BCUT2D eigenvalue weighted by Gasteiger charge is 2.46. The van der Waals surface area contributed by atoms with Gasteiger partial charge in [-0.3, -0.25) is 9.69 Å². The number of hydrogen-bond acceptors (Lipinski definition) is 2. The Morgan fingerprint density at radius 2 is 1.92 bits per heavy atom. The van der Waals surface area contributed by atoms with Gasteiger partial charge in [-0.25, -0.2) is 4.39 Å². The first kappa shape index (κ1) is 16.3. The second kappa shape index (κ2) is 6.60. The van der Waals surface area contributed by atoms with Crippen molar-refractivity contribution in [2.45, 2.75) is 44.3 Å². The van der Waals surface area contributed by atoms with Crippen LogP contribution < -0.4 is 5.32 Å². The third-order valence-corrected chi connectivity index (χ3v) is 5.60. The van der Waals surface area contributed by atoms with Crippen LogP contribution in [0.5, 0.6) is 0 Å². The Hall–Kier alpha value is -2.20. The summed E-state index contributed by atoms with van der Waals surface area (Å²) in [6.07, 6.45) is 3.70. The number of likely N-dealkylation sites (tertiary alicyclic amines) is 1. The number of carbonyl (C=O) groups excluding carboxylic acids is 1. The normalized spacial score (nSPS) is 23.8. The Morgan fingerprint density at radius 3 is 2.76 bits per heavy atom. The fourth-order valence-electron chi connectivity index (χ4n) is 4.27. The van der Waals surface area contributed by atoms with Crippen LogP contribution in [0.1, 0.15) is 36.0 Å². The van der Waals surface area contributed by atoms with Gasteiger partial charge in [0.15, 0.2) is 0 Å². The zero-order valence-corrected chi connectivity index (χ0v) is 14.3. The fourth-order valence-corrected chi connectivity index (χ4v) is 4.27. The molecule has 4 heteroatoms. The molecule has 0 saturated carbocycles. The Morgan fingerprint density at radius 1 is 1.08 bits per heavy atom. The van der Waals surface area contributed by atoms with E-state index in [9.17, 15) is 9.18 Å². The average molecular weight is 338 g/mol. The van der Waals surface area contributed by atoms with Crippen LogP contribution in [-0.4, -0.2) is 22.9 Å². The van der Waals surface area contributed by atoms with E-state index >= 15 is 0 Å². The molecule has 0 aromatic heterocycles. The number of piperidine rings is 1. The Bertz CT molecular complexity index is 791. The summed E-state index contributed by atoms with van der Waals surface area (Å²) in [6, 6.07) is 15.0. The van der Waals surface area contributed by atoms with Gasteiger partial charge in [-0.2, -0.15) is 0 Å². The van der Waals surface area contributed by atoms with Gasteiger partial charge in [-0.05, 0) is 54.6 Å². The van der Waals surface area contributed by atoms with Crippen molar-refractivity contribution in [3.8, 4) is 0 Å². The molecule has 1 amide bonds. The van der Waals surface area contributed by atoms with E-state index in [2.05, 4.69) is 22.3 Å². The lowest BCUT2D eigenvalue weighted by Gasteiger charge is -2.45. The molecule has 3 nitrogen and oxygen atoms in total. The second-order valence-corrected chi connectivity index (χ2v) is 7.17. The van der Waals surface area contributed by atoms with E-state index in [1.807, 2.05) is 18.2 Å². The van der Waals surface area contributed by atoms with Crippen LogP contribution in [0, 0.1) is 5.82 Å². The van der Waals surface area contributed by atoms with E-state index in [1.54, 1.807) is 12.1 Å². The van der Waals surface area contributed by atoms with Crippen molar-refractivity contribution in [2.24, 2.45) is 0 Å². The lowest BCUT2D eigenvalue weighted by atomic mass is 9.80. The third-order valence-electron chi connectivity index (χ3n) is 5.60. The molecule has 1 saturated heterocycles. The molecule has 25 heavy (non-hydrogen) atoms. The highest BCUT2D eigenvalue weighted by Crippen LogP contribution is 2.35. The molecular weight excluding hydrogens is 315 g/mol. The summed E-state index contributed by atoms with van der Waals surface area (Å²) in [5.74, 6) is -0.112. The van der Waals surface area contributed by atoms with Gasteiger partial charge in [0, 0.05) is 19.5 Å². The summed E-state index contributed by atoms with van der Waals surface area (Å²) >= 11 is 0. The van der Waals surface area contributed by atoms with Crippen molar-refractivity contribution in [3.63, 3.8) is 0 Å². The zero-order valence-electron chi connectivity index (χ0n) is 14.3. The number of benzene rings is 2. The summed E-state index contributed by atoms with van der Waals surface area (Å²) < 4.78 is 13.6. The number of halogens is 1. The highest BCUT2D eigenvalue weighted by atomic mass is 19.1. The summed E-state index contributed by atoms with van der Waals surface area (Å²) in [7, 11) is 0. The van der Waals surface area contributed by atoms with Gasteiger partial charge in [-0.1, -0.05) is 36.4 Å². The van der Waals surface area contributed by atoms with Crippen LogP contribution >= 0.6 is 0 Å². The van der Waals surface area contributed by atoms with E-state index in [0.717, 1.165) is 37.8 Å².